The molecule has 2 amide bonds. The summed E-state index contributed by atoms with van der Waals surface area (Å²) in [5.41, 5.74) is 0. The maximum Gasteiger partial charge on any atom is 0.315 e. The molecule has 8 heteroatoms. The highest BCUT2D eigenvalue weighted by molar-refractivity contribution is 7.91. The summed E-state index contributed by atoms with van der Waals surface area (Å²) in [5.74, 6) is -0.107. The van der Waals surface area contributed by atoms with Gasteiger partial charge in [0.15, 0.2) is 9.84 Å². The van der Waals surface area contributed by atoms with Crippen molar-refractivity contribution in [1.29, 1.82) is 0 Å². The number of hydrogen-bond acceptors (Lipinski definition) is 5. The Balaban J connectivity index is 1.77. The van der Waals surface area contributed by atoms with E-state index in [0.29, 0.717) is 13.0 Å². The van der Waals surface area contributed by atoms with Crippen molar-refractivity contribution in [3.63, 3.8) is 0 Å². The first-order chi connectivity index (χ1) is 12.0. The van der Waals surface area contributed by atoms with Crippen LogP contribution in [-0.4, -0.2) is 70.5 Å². The topological polar surface area (TPSA) is 87.7 Å². The zero-order chi connectivity index (χ0) is 18.1. The number of sulfone groups is 1. The zero-order valence-corrected chi connectivity index (χ0v) is 15.4. The Morgan fingerprint density at radius 1 is 1.24 bits per heavy atom. The molecular weight excluding hydrogens is 342 g/mol. The molecule has 1 aromatic carbocycles. The maximum atomic E-state index is 12.4. The van der Waals surface area contributed by atoms with E-state index in [2.05, 4.69) is 15.5 Å². The number of carbonyl (C=O) groups excluding carboxylic acids is 1. The van der Waals surface area contributed by atoms with E-state index >= 15 is 0 Å². The van der Waals surface area contributed by atoms with Gasteiger partial charge in [-0.25, -0.2) is 13.2 Å². The first kappa shape index (κ1) is 19.7. The normalized spacial score (nSPS) is 17.0. The molecule has 2 N–H and O–H groups in total. The number of benzene rings is 1. The van der Waals surface area contributed by atoms with Gasteiger partial charge in [0.2, 0.25) is 0 Å². The van der Waals surface area contributed by atoms with Crippen LogP contribution >= 0.6 is 0 Å². The number of hydrogen-bond donors (Lipinski definition) is 2. The molecule has 0 aromatic heterocycles. The lowest BCUT2D eigenvalue weighted by atomic mass is 10.3. The molecule has 0 spiro atoms. The monoisotopic (exact) mass is 369 g/mol. The highest BCUT2D eigenvalue weighted by Gasteiger charge is 2.21. The van der Waals surface area contributed by atoms with E-state index in [1.807, 2.05) is 6.92 Å². The second-order valence-corrected chi connectivity index (χ2v) is 8.09. The van der Waals surface area contributed by atoms with Crippen molar-refractivity contribution >= 4 is 15.9 Å². The summed E-state index contributed by atoms with van der Waals surface area (Å²) in [6.07, 6.45) is 0.545. The van der Waals surface area contributed by atoms with E-state index in [1.54, 1.807) is 30.3 Å². The molecular formula is C17H27N3O4S. The molecule has 1 atom stereocenters. The van der Waals surface area contributed by atoms with Gasteiger partial charge >= 0.3 is 6.03 Å². The van der Waals surface area contributed by atoms with Gasteiger partial charge in [-0.1, -0.05) is 25.1 Å². The van der Waals surface area contributed by atoms with Crippen molar-refractivity contribution in [2.45, 2.75) is 24.3 Å². The number of nitrogens with one attached hydrogen (secondary N) is 2. The molecule has 1 saturated heterocycles. The Hall–Kier alpha value is -1.64. The Bertz CT molecular complexity index is 631. The van der Waals surface area contributed by atoms with Gasteiger partial charge < -0.3 is 15.4 Å². The van der Waals surface area contributed by atoms with Gasteiger partial charge in [-0.2, -0.15) is 0 Å². The molecule has 25 heavy (non-hydrogen) atoms. The summed E-state index contributed by atoms with van der Waals surface area (Å²) >= 11 is 0. The standard InChI is InChI=1S/C17H27N3O4S/c1-2-15(14-25(22,23)16-6-4-3-5-7-16)19-17(21)18-8-9-20-10-12-24-13-11-20/h3-7,15H,2,8-14H2,1H3,(H2,18,19,21)/t15-/m1/s1. The van der Waals surface area contributed by atoms with Crippen LogP contribution in [0, 0.1) is 0 Å². The van der Waals surface area contributed by atoms with E-state index in [1.165, 1.54) is 0 Å². The molecule has 0 unspecified atom stereocenters. The molecule has 1 fully saturated rings. The van der Waals surface area contributed by atoms with Crippen LogP contribution in [0.1, 0.15) is 13.3 Å². The summed E-state index contributed by atoms with van der Waals surface area (Å²) < 4.78 is 30.1. The molecule has 7 nitrogen and oxygen atoms in total. The highest BCUT2D eigenvalue weighted by atomic mass is 32.2. The lowest BCUT2D eigenvalue weighted by Crippen LogP contribution is -2.47. The number of carbonyl (C=O) groups is 1. The number of rotatable bonds is 8. The summed E-state index contributed by atoms with van der Waals surface area (Å²) in [6, 6.07) is 7.56. The van der Waals surface area contributed by atoms with Gasteiger partial charge in [0.1, 0.15) is 0 Å². The fourth-order valence-electron chi connectivity index (χ4n) is 2.64. The molecule has 0 bridgehead atoms. The Kier molecular flexibility index (Phi) is 7.67. The number of morpholine rings is 1. The van der Waals surface area contributed by atoms with Crippen molar-refractivity contribution in [2.75, 3.05) is 45.1 Å². The Morgan fingerprint density at radius 2 is 1.92 bits per heavy atom. The van der Waals surface area contributed by atoms with Crippen LogP contribution in [0.3, 0.4) is 0 Å². The SMILES string of the molecule is CC[C@H](CS(=O)(=O)c1ccccc1)NC(=O)NCCN1CCOCC1. The predicted molar refractivity (Wildman–Crippen MR) is 96.4 cm³/mol. The number of amides is 2. The Morgan fingerprint density at radius 3 is 2.56 bits per heavy atom. The second-order valence-electron chi connectivity index (χ2n) is 6.05. The first-order valence-electron chi connectivity index (χ1n) is 8.63. The van der Waals surface area contributed by atoms with Gasteiger partial charge in [-0.3, -0.25) is 4.90 Å². The average molecular weight is 369 g/mol. The molecule has 0 saturated carbocycles. The smallest absolute Gasteiger partial charge is 0.315 e. The van der Waals surface area contributed by atoms with Crippen LogP contribution in [0.15, 0.2) is 35.2 Å². The number of urea groups is 1. The lowest BCUT2D eigenvalue weighted by molar-refractivity contribution is 0.0387. The van der Waals surface area contributed by atoms with Gasteiger partial charge in [-0.05, 0) is 18.6 Å². The van der Waals surface area contributed by atoms with Crippen molar-refractivity contribution in [1.82, 2.24) is 15.5 Å². The minimum absolute atomic E-state index is 0.107. The fourth-order valence-corrected chi connectivity index (χ4v) is 4.25. The van der Waals surface area contributed by atoms with Gasteiger partial charge in [0.05, 0.1) is 23.9 Å². The maximum absolute atomic E-state index is 12.4. The first-order valence-corrected chi connectivity index (χ1v) is 10.3. The van der Waals surface area contributed by atoms with Crippen LogP contribution in [0.25, 0.3) is 0 Å². The van der Waals surface area contributed by atoms with Crippen molar-refractivity contribution in [3.8, 4) is 0 Å². The summed E-state index contributed by atoms with van der Waals surface area (Å²) in [5, 5.41) is 5.55. The van der Waals surface area contributed by atoms with E-state index in [-0.39, 0.29) is 16.7 Å². The Labute approximate surface area is 149 Å². The number of nitrogens with zero attached hydrogens (tertiary/aromatic N) is 1. The van der Waals surface area contributed by atoms with Crippen LogP contribution in [-0.2, 0) is 14.6 Å². The van der Waals surface area contributed by atoms with E-state index in [4.69, 9.17) is 4.74 Å². The molecule has 1 aromatic rings. The van der Waals surface area contributed by atoms with Crippen LogP contribution < -0.4 is 10.6 Å². The third-order valence-corrected chi connectivity index (χ3v) is 6.00. The zero-order valence-electron chi connectivity index (χ0n) is 14.6. The van der Waals surface area contributed by atoms with Crippen LogP contribution in [0.4, 0.5) is 4.79 Å². The van der Waals surface area contributed by atoms with Gasteiger partial charge in [0, 0.05) is 32.2 Å². The summed E-state index contributed by atoms with van der Waals surface area (Å²) in [4.78, 5) is 14.5. The molecule has 1 heterocycles. The molecule has 140 valence electrons. The van der Waals surface area contributed by atoms with Crippen LogP contribution in [0.2, 0.25) is 0 Å². The quantitative estimate of drug-likeness (QED) is 0.710. The predicted octanol–water partition coefficient (Wildman–Crippen LogP) is 0.870. The van der Waals surface area contributed by atoms with E-state index in [9.17, 15) is 13.2 Å². The minimum atomic E-state index is -3.42. The minimum Gasteiger partial charge on any atom is -0.379 e. The van der Waals surface area contributed by atoms with Gasteiger partial charge in [-0.15, -0.1) is 0 Å². The second kappa shape index (κ2) is 9.74. The molecule has 1 aliphatic rings. The fraction of sp³-hybridized carbons (Fsp3) is 0.588. The number of ether oxygens (including phenoxy) is 1. The van der Waals surface area contributed by atoms with Crippen molar-refractivity contribution < 1.29 is 17.9 Å². The third-order valence-electron chi connectivity index (χ3n) is 4.17. The average Bonchev–Trinajstić information content (AvgIpc) is 2.62. The summed E-state index contributed by atoms with van der Waals surface area (Å²) in [6.45, 7) is 6.33. The van der Waals surface area contributed by atoms with Crippen molar-refractivity contribution in [2.24, 2.45) is 0 Å². The van der Waals surface area contributed by atoms with E-state index in [0.717, 1.165) is 32.8 Å². The largest absolute Gasteiger partial charge is 0.379 e. The van der Waals surface area contributed by atoms with Crippen molar-refractivity contribution in [3.05, 3.63) is 30.3 Å². The van der Waals surface area contributed by atoms with Gasteiger partial charge in [0.25, 0.3) is 0 Å². The summed E-state index contributed by atoms with van der Waals surface area (Å²) in [7, 11) is -3.42. The lowest BCUT2D eigenvalue weighted by Gasteiger charge is -2.26. The third kappa shape index (κ3) is 6.64. The molecule has 2 rings (SSSR count). The van der Waals surface area contributed by atoms with Crippen LogP contribution in [0.5, 0.6) is 0 Å². The molecule has 0 radical (unpaired) electrons. The molecule has 0 aliphatic carbocycles. The van der Waals surface area contributed by atoms with E-state index < -0.39 is 15.9 Å². The highest BCUT2D eigenvalue weighted by Crippen LogP contribution is 2.12. The molecule has 1 aliphatic heterocycles.